The average molecular weight is 483 g/mol. The molecule has 0 atom stereocenters. The van der Waals surface area contributed by atoms with Crippen LogP contribution in [-0.4, -0.2) is 29.4 Å². The third kappa shape index (κ3) is 3.68. The lowest BCUT2D eigenvalue weighted by molar-refractivity contribution is 0.884. The van der Waals surface area contributed by atoms with Crippen LogP contribution in [0.3, 0.4) is 0 Å². The summed E-state index contributed by atoms with van der Waals surface area (Å²) in [5.41, 5.74) is 3.97. The van der Waals surface area contributed by atoms with Gasteiger partial charge in [-0.15, -0.1) is 5.10 Å². The highest BCUT2D eigenvalue weighted by Gasteiger charge is 2.15. The summed E-state index contributed by atoms with van der Waals surface area (Å²) >= 11 is 7.38. The Morgan fingerprint density at radius 1 is 0.882 bits per heavy atom. The van der Waals surface area contributed by atoms with E-state index in [-0.39, 0.29) is 5.56 Å². The molecule has 0 radical (unpaired) electrons. The minimum Gasteiger partial charge on any atom is -0.266 e. The molecule has 0 fully saturated rings. The van der Waals surface area contributed by atoms with Gasteiger partial charge in [0.1, 0.15) is 5.69 Å². The predicted octanol–water partition coefficient (Wildman–Crippen LogP) is 4.27. The summed E-state index contributed by atoms with van der Waals surface area (Å²) in [6.07, 6.45) is 7.10. The molecule has 6 rings (SSSR count). The maximum atomic E-state index is 13.1. The predicted molar refractivity (Wildman–Crippen MR) is 133 cm³/mol. The van der Waals surface area contributed by atoms with E-state index in [1.54, 1.807) is 17.1 Å². The molecule has 0 amide bonds. The quantitative estimate of drug-likeness (QED) is 0.375. The van der Waals surface area contributed by atoms with Gasteiger partial charge in [0.05, 0.1) is 10.2 Å². The van der Waals surface area contributed by atoms with Crippen LogP contribution in [0, 0.1) is 0 Å². The van der Waals surface area contributed by atoms with Crippen LogP contribution < -0.4 is 10.1 Å². The number of benzene rings is 2. The summed E-state index contributed by atoms with van der Waals surface area (Å²) in [5.74, 6) is 0.496. The molecule has 34 heavy (non-hydrogen) atoms. The third-order valence-corrected chi connectivity index (χ3v) is 6.50. The van der Waals surface area contributed by atoms with E-state index in [1.165, 1.54) is 15.9 Å². The number of fused-ring (bicyclic) bond motifs is 1. The van der Waals surface area contributed by atoms with Gasteiger partial charge in [-0.05, 0) is 42.5 Å². The average Bonchev–Trinajstić information content (AvgIpc) is 3.56. The highest BCUT2D eigenvalue weighted by molar-refractivity contribution is 7.15. The summed E-state index contributed by atoms with van der Waals surface area (Å²) in [7, 11) is 0. The Balaban J connectivity index is 1.50. The lowest BCUT2D eigenvalue weighted by Crippen LogP contribution is -2.23. The second-order valence-electron chi connectivity index (χ2n) is 7.50. The molecule has 0 aliphatic heterocycles. The topological polar surface area (TPSA) is 78.0 Å². The van der Waals surface area contributed by atoms with Gasteiger partial charge in [-0.25, -0.2) is 4.68 Å². The van der Waals surface area contributed by atoms with Gasteiger partial charge in [0.2, 0.25) is 4.96 Å². The Kier molecular flexibility index (Phi) is 5.01. The molecular weight excluding hydrogens is 468 g/mol. The van der Waals surface area contributed by atoms with Crippen molar-refractivity contribution >= 4 is 34.0 Å². The number of halogens is 1. The molecule has 0 saturated heterocycles. The fraction of sp³-hybridized carbons (Fsp3) is 0. The first-order valence-corrected chi connectivity index (χ1v) is 11.6. The zero-order valence-corrected chi connectivity index (χ0v) is 19.1. The van der Waals surface area contributed by atoms with Crippen molar-refractivity contribution < 1.29 is 0 Å². The second-order valence-corrected chi connectivity index (χ2v) is 8.95. The van der Waals surface area contributed by atoms with E-state index in [0.29, 0.717) is 20.3 Å². The number of para-hydroxylation sites is 1. The smallest absolute Gasteiger partial charge is 0.266 e. The number of pyridine rings is 1. The van der Waals surface area contributed by atoms with Crippen molar-refractivity contribution in [2.45, 2.75) is 0 Å². The van der Waals surface area contributed by atoms with Crippen molar-refractivity contribution in [2.24, 2.45) is 0 Å². The van der Waals surface area contributed by atoms with Crippen LogP contribution in [0.1, 0.15) is 5.56 Å². The van der Waals surface area contributed by atoms with Gasteiger partial charge in [0, 0.05) is 40.3 Å². The van der Waals surface area contributed by atoms with Gasteiger partial charge in [0.25, 0.3) is 5.56 Å². The first-order chi connectivity index (χ1) is 16.7. The number of hydrogen-bond donors (Lipinski definition) is 0. The first kappa shape index (κ1) is 20.5. The van der Waals surface area contributed by atoms with Crippen LogP contribution in [0.15, 0.2) is 90.1 Å². The van der Waals surface area contributed by atoms with Crippen molar-refractivity contribution in [3.05, 3.63) is 111 Å². The van der Waals surface area contributed by atoms with Crippen LogP contribution in [0.25, 0.3) is 39.4 Å². The molecule has 0 aliphatic carbocycles. The molecule has 9 heteroatoms. The van der Waals surface area contributed by atoms with Crippen LogP contribution in [0.4, 0.5) is 0 Å². The fourth-order valence-corrected chi connectivity index (χ4v) is 4.66. The molecule has 4 aromatic heterocycles. The van der Waals surface area contributed by atoms with E-state index >= 15 is 0 Å². The van der Waals surface area contributed by atoms with Gasteiger partial charge >= 0.3 is 0 Å². The second kappa shape index (κ2) is 8.33. The zero-order chi connectivity index (χ0) is 23.1. The van der Waals surface area contributed by atoms with Crippen molar-refractivity contribution in [3.63, 3.8) is 0 Å². The largest absolute Gasteiger partial charge is 0.291 e. The van der Waals surface area contributed by atoms with Crippen LogP contribution in [0.2, 0.25) is 5.02 Å². The minimum atomic E-state index is -0.220. The molecular formula is C25H15ClN6OS. The first-order valence-electron chi connectivity index (χ1n) is 10.4. The molecule has 2 aromatic carbocycles. The van der Waals surface area contributed by atoms with E-state index < -0.39 is 0 Å². The Morgan fingerprint density at radius 3 is 2.38 bits per heavy atom. The van der Waals surface area contributed by atoms with Crippen molar-refractivity contribution in [1.29, 1.82) is 0 Å². The summed E-state index contributed by atoms with van der Waals surface area (Å²) in [6, 6.07) is 20.9. The van der Waals surface area contributed by atoms with Gasteiger partial charge < -0.3 is 0 Å². The molecule has 0 aliphatic rings. The summed E-state index contributed by atoms with van der Waals surface area (Å²) < 4.78 is 3.67. The Morgan fingerprint density at radius 2 is 1.65 bits per heavy atom. The van der Waals surface area contributed by atoms with Crippen LogP contribution in [0.5, 0.6) is 0 Å². The standard InChI is InChI=1S/C25H15ClN6OS/c26-19-8-6-16(7-9-19)22-18(15-31(29-22)20-4-2-1-3-5-20)14-21-24(33)32-25(34-21)28-23(30-32)17-10-12-27-13-11-17/h1-15H/b21-14-. The highest BCUT2D eigenvalue weighted by atomic mass is 35.5. The number of hydrogen-bond acceptors (Lipinski definition) is 6. The molecule has 7 nitrogen and oxygen atoms in total. The molecule has 0 unspecified atom stereocenters. The number of aromatic nitrogens is 6. The lowest BCUT2D eigenvalue weighted by atomic mass is 10.1. The monoisotopic (exact) mass is 482 g/mol. The number of thiazole rings is 1. The molecule has 0 saturated carbocycles. The van der Waals surface area contributed by atoms with E-state index in [0.717, 1.165) is 28.1 Å². The molecule has 0 bridgehead atoms. The number of rotatable bonds is 4. The zero-order valence-electron chi connectivity index (χ0n) is 17.5. The fourth-order valence-electron chi connectivity index (χ4n) is 3.64. The summed E-state index contributed by atoms with van der Waals surface area (Å²) in [6.45, 7) is 0. The van der Waals surface area contributed by atoms with Gasteiger partial charge in [-0.2, -0.15) is 14.6 Å². The molecule has 0 spiro atoms. The minimum absolute atomic E-state index is 0.220. The number of nitrogens with zero attached hydrogens (tertiary/aromatic N) is 6. The van der Waals surface area contributed by atoms with Crippen molar-refractivity contribution in [2.75, 3.05) is 0 Å². The normalized spacial score (nSPS) is 12.0. The van der Waals surface area contributed by atoms with Gasteiger partial charge in [-0.3, -0.25) is 9.78 Å². The van der Waals surface area contributed by atoms with Gasteiger partial charge in [0.15, 0.2) is 5.82 Å². The molecule has 0 N–H and O–H groups in total. The molecule has 4 heterocycles. The van der Waals surface area contributed by atoms with Crippen molar-refractivity contribution in [3.8, 4) is 28.3 Å². The Labute approximate surface area is 202 Å². The van der Waals surface area contributed by atoms with Gasteiger partial charge in [-0.1, -0.05) is 53.3 Å². The third-order valence-electron chi connectivity index (χ3n) is 5.29. The molecule has 6 aromatic rings. The van der Waals surface area contributed by atoms with Crippen LogP contribution >= 0.6 is 22.9 Å². The summed E-state index contributed by atoms with van der Waals surface area (Å²) in [5, 5.41) is 9.86. The van der Waals surface area contributed by atoms with E-state index in [2.05, 4.69) is 15.1 Å². The lowest BCUT2D eigenvalue weighted by Gasteiger charge is -2.00. The maximum absolute atomic E-state index is 13.1. The highest BCUT2D eigenvalue weighted by Crippen LogP contribution is 2.26. The Bertz CT molecular complexity index is 1720. The SMILES string of the molecule is O=c1/c(=C/c2cn(-c3ccccc3)nc2-c2ccc(Cl)cc2)sc2nc(-c3ccncc3)nn12. The summed E-state index contributed by atoms with van der Waals surface area (Å²) in [4.78, 5) is 22.2. The van der Waals surface area contributed by atoms with Crippen molar-refractivity contribution in [1.82, 2.24) is 29.4 Å². The Hall–Kier alpha value is -4.14. The van der Waals surface area contributed by atoms with E-state index in [4.69, 9.17) is 16.7 Å². The maximum Gasteiger partial charge on any atom is 0.291 e. The van der Waals surface area contributed by atoms with Crippen LogP contribution in [-0.2, 0) is 0 Å². The van der Waals surface area contributed by atoms with E-state index in [1.807, 2.05) is 79.0 Å². The molecule has 164 valence electrons. The van der Waals surface area contributed by atoms with E-state index in [9.17, 15) is 4.79 Å².